The summed E-state index contributed by atoms with van der Waals surface area (Å²) in [4.78, 5) is 6.49. The zero-order valence-corrected chi connectivity index (χ0v) is 10.3. The highest BCUT2D eigenvalue weighted by Crippen LogP contribution is 2.25. The Morgan fingerprint density at radius 2 is 2.18 bits per heavy atom. The van der Waals surface area contributed by atoms with E-state index in [4.69, 9.17) is 5.73 Å². The van der Waals surface area contributed by atoms with E-state index in [9.17, 15) is 0 Å². The molecule has 1 aliphatic heterocycles. The zero-order valence-electron chi connectivity index (χ0n) is 10.3. The fourth-order valence-corrected chi connectivity index (χ4v) is 2.33. The van der Waals surface area contributed by atoms with Gasteiger partial charge in [-0.15, -0.1) is 6.58 Å². The second-order valence-electron chi connectivity index (χ2n) is 4.73. The molecule has 0 aliphatic carbocycles. The molecule has 2 rings (SSSR count). The van der Waals surface area contributed by atoms with Crippen LogP contribution in [-0.4, -0.2) is 29.5 Å². The zero-order chi connectivity index (χ0) is 12.3. The van der Waals surface area contributed by atoms with Crippen LogP contribution in [-0.2, 0) is 6.42 Å². The summed E-state index contributed by atoms with van der Waals surface area (Å²) in [5, 5.41) is 0. The summed E-state index contributed by atoms with van der Waals surface area (Å²) in [6.07, 6.45) is 2.82. The van der Waals surface area contributed by atoms with Crippen molar-refractivity contribution < 1.29 is 0 Å². The Bertz CT molecular complexity index is 424. The summed E-state index contributed by atoms with van der Waals surface area (Å²) >= 11 is 0. The lowest BCUT2D eigenvalue weighted by Crippen LogP contribution is -2.50. The predicted molar refractivity (Wildman–Crippen MR) is 71.9 cm³/mol. The quantitative estimate of drug-likeness (QED) is 0.800. The number of nitrogens with two attached hydrogens (primary N) is 1. The maximum atomic E-state index is 5.92. The summed E-state index contributed by atoms with van der Waals surface area (Å²) in [7, 11) is 0. The van der Waals surface area contributed by atoms with E-state index in [2.05, 4.69) is 47.7 Å². The average Bonchev–Trinajstić information content (AvgIpc) is 2.59. The minimum atomic E-state index is -0.0281. The first-order valence-electron chi connectivity index (χ1n) is 5.88. The number of hydrogen-bond donors (Lipinski definition) is 1. The Morgan fingerprint density at radius 3 is 2.82 bits per heavy atom. The van der Waals surface area contributed by atoms with Gasteiger partial charge in [0.2, 0.25) is 0 Å². The van der Waals surface area contributed by atoms with Crippen molar-refractivity contribution in [2.75, 3.05) is 13.1 Å². The maximum Gasteiger partial charge on any atom is 0.192 e. The van der Waals surface area contributed by atoms with Crippen LogP contribution >= 0.6 is 0 Å². The summed E-state index contributed by atoms with van der Waals surface area (Å²) in [5.41, 5.74) is 7.21. The Morgan fingerprint density at radius 1 is 1.47 bits per heavy atom. The molecule has 90 valence electrons. The van der Waals surface area contributed by atoms with Crippen LogP contribution in [0.5, 0.6) is 0 Å². The second kappa shape index (κ2) is 4.62. The summed E-state index contributed by atoms with van der Waals surface area (Å²) < 4.78 is 0. The number of benzene rings is 1. The van der Waals surface area contributed by atoms with Gasteiger partial charge in [-0.3, -0.25) is 4.99 Å². The number of rotatable bonds is 4. The first kappa shape index (κ1) is 11.7. The number of aliphatic imine (C=N–C) groups is 1. The third-order valence-corrected chi connectivity index (χ3v) is 3.25. The summed E-state index contributed by atoms with van der Waals surface area (Å²) in [6.45, 7) is 7.48. The minimum absolute atomic E-state index is 0.0281. The molecule has 1 aromatic rings. The van der Waals surface area contributed by atoms with E-state index >= 15 is 0 Å². The van der Waals surface area contributed by atoms with Gasteiger partial charge in [-0.1, -0.05) is 36.4 Å². The molecular weight excluding hydrogens is 210 g/mol. The van der Waals surface area contributed by atoms with Crippen molar-refractivity contribution in [1.29, 1.82) is 0 Å². The highest BCUT2D eigenvalue weighted by molar-refractivity contribution is 5.81. The molecule has 3 heteroatoms. The molecule has 0 amide bonds. The van der Waals surface area contributed by atoms with Gasteiger partial charge in [0, 0.05) is 6.54 Å². The molecule has 1 aromatic carbocycles. The van der Waals surface area contributed by atoms with Crippen LogP contribution in [0.3, 0.4) is 0 Å². The lowest BCUT2D eigenvalue weighted by atomic mass is 9.92. The van der Waals surface area contributed by atoms with Gasteiger partial charge in [-0.25, -0.2) is 0 Å². The monoisotopic (exact) mass is 229 g/mol. The van der Waals surface area contributed by atoms with Gasteiger partial charge in [-0.05, 0) is 18.9 Å². The SMILES string of the molecule is C=CCN1C(N)=NCC1(C)Cc1ccccc1. The minimum Gasteiger partial charge on any atom is -0.370 e. The fourth-order valence-electron chi connectivity index (χ4n) is 2.33. The highest BCUT2D eigenvalue weighted by atomic mass is 15.3. The normalized spacial score (nSPS) is 23.6. The molecule has 0 spiro atoms. The van der Waals surface area contributed by atoms with E-state index in [0.29, 0.717) is 5.96 Å². The molecule has 1 heterocycles. The second-order valence-corrected chi connectivity index (χ2v) is 4.73. The molecule has 0 saturated carbocycles. The third-order valence-electron chi connectivity index (χ3n) is 3.25. The van der Waals surface area contributed by atoms with Crippen LogP contribution in [0.1, 0.15) is 12.5 Å². The van der Waals surface area contributed by atoms with Gasteiger partial charge in [0.15, 0.2) is 5.96 Å². The van der Waals surface area contributed by atoms with Crippen LogP contribution in [0.4, 0.5) is 0 Å². The lowest BCUT2D eigenvalue weighted by Gasteiger charge is -2.35. The predicted octanol–water partition coefficient (Wildman–Crippen LogP) is 1.80. The summed E-state index contributed by atoms with van der Waals surface area (Å²) in [5.74, 6) is 0.628. The molecule has 17 heavy (non-hydrogen) atoms. The standard InChI is InChI=1S/C14H19N3/c1-3-9-17-13(15)16-11-14(17,2)10-12-7-5-4-6-8-12/h3-8H,1,9-11H2,2H3,(H2,15,16). The van der Waals surface area contributed by atoms with Crippen molar-refractivity contribution in [3.63, 3.8) is 0 Å². The fraction of sp³-hybridized carbons (Fsp3) is 0.357. The van der Waals surface area contributed by atoms with E-state index in [-0.39, 0.29) is 5.54 Å². The molecule has 2 N–H and O–H groups in total. The lowest BCUT2D eigenvalue weighted by molar-refractivity contribution is 0.239. The molecule has 0 fully saturated rings. The molecule has 1 unspecified atom stereocenters. The first-order chi connectivity index (χ1) is 8.15. The van der Waals surface area contributed by atoms with Crippen molar-refractivity contribution in [3.05, 3.63) is 48.6 Å². The van der Waals surface area contributed by atoms with Crippen molar-refractivity contribution >= 4 is 5.96 Å². The van der Waals surface area contributed by atoms with Crippen molar-refractivity contribution in [3.8, 4) is 0 Å². The third kappa shape index (κ3) is 2.33. The molecule has 3 nitrogen and oxygen atoms in total. The van der Waals surface area contributed by atoms with Crippen LogP contribution in [0.15, 0.2) is 48.0 Å². The molecule has 0 saturated heterocycles. The van der Waals surface area contributed by atoms with Crippen molar-refractivity contribution in [1.82, 2.24) is 4.90 Å². The van der Waals surface area contributed by atoms with Crippen LogP contribution in [0, 0.1) is 0 Å². The van der Waals surface area contributed by atoms with E-state index in [1.54, 1.807) is 0 Å². The van der Waals surface area contributed by atoms with Gasteiger partial charge in [0.05, 0.1) is 12.1 Å². The van der Waals surface area contributed by atoms with Crippen LogP contribution in [0.2, 0.25) is 0 Å². The Kier molecular flexibility index (Phi) is 3.18. The topological polar surface area (TPSA) is 41.6 Å². The van der Waals surface area contributed by atoms with E-state index in [0.717, 1.165) is 19.5 Å². The maximum absolute atomic E-state index is 5.92. The van der Waals surface area contributed by atoms with E-state index < -0.39 is 0 Å². The van der Waals surface area contributed by atoms with Gasteiger partial charge in [0.25, 0.3) is 0 Å². The number of guanidine groups is 1. The van der Waals surface area contributed by atoms with Gasteiger partial charge in [0.1, 0.15) is 0 Å². The molecule has 0 radical (unpaired) electrons. The Balaban J connectivity index is 2.16. The van der Waals surface area contributed by atoms with Crippen molar-refractivity contribution in [2.24, 2.45) is 10.7 Å². The van der Waals surface area contributed by atoms with E-state index in [1.807, 2.05) is 12.1 Å². The highest BCUT2D eigenvalue weighted by Gasteiger charge is 2.37. The first-order valence-corrected chi connectivity index (χ1v) is 5.88. The Labute approximate surface area is 103 Å². The number of hydrogen-bond acceptors (Lipinski definition) is 3. The van der Waals surface area contributed by atoms with Crippen LogP contribution < -0.4 is 5.73 Å². The molecular formula is C14H19N3. The van der Waals surface area contributed by atoms with Gasteiger partial charge >= 0.3 is 0 Å². The molecule has 0 bridgehead atoms. The van der Waals surface area contributed by atoms with E-state index in [1.165, 1.54) is 5.56 Å². The van der Waals surface area contributed by atoms with Gasteiger partial charge < -0.3 is 10.6 Å². The van der Waals surface area contributed by atoms with Crippen molar-refractivity contribution in [2.45, 2.75) is 18.9 Å². The van der Waals surface area contributed by atoms with Gasteiger partial charge in [-0.2, -0.15) is 0 Å². The molecule has 0 aromatic heterocycles. The molecule has 1 aliphatic rings. The number of nitrogens with zero attached hydrogens (tertiary/aromatic N) is 2. The average molecular weight is 229 g/mol. The Hall–Kier alpha value is -1.77. The summed E-state index contributed by atoms with van der Waals surface area (Å²) in [6, 6.07) is 10.5. The molecule has 1 atom stereocenters. The largest absolute Gasteiger partial charge is 0.370 e. The smallest absolute Gasteiger partial charge is 0.192 e. The van der Waals surface area contributed by atoms with Crippen LogP contribution in [0.25, 0.3) is 0 Å².